The third kappa shape index (κ3) is 3.60. The van der Waals surface area contributed by atoms with Crippen LogP contribution in [0.2, 0.25) is 0 Å². The van der Waals surface area contributed by atoms with Crippen molar-refractivity contribution in [3.8, 4) is 0 Å². The molecule has 0 saturated heterocycles. The summed E-state index contributed by atoms with van der Waals surface area (Å²) in [5.41, 5.74) is -0.147. The number of carbonyl (C=O) groups is 1. The quantitative estimate of drug-likeness (QED) is 0.739. The molecule has 0 fully saturated rings. The molecule has 1 heterocycles. The third-order valence-electron chi connectivity index (χ3n) is 3.21. The molecule has 0 saturated carbocycles. The van der Waals surface area contributed by atoms with Crippen LogP contribution < -0.4 is 10.6 Å². The highest BCUT2D eigenvalue weighted by atomic mass is 16.5. The van der Waals surface area contributed by atoms with Crippen molar-refractivity contribution in [1.82, 2.24) is 10.5 Å². The van der Waals surface area contributed by atoms with Crippen LogP contribution in [0.15, 0.2) is 22.7 Å². The first-order valence-corrected chi connectivity index (χ1v) is 6.72. The minimum absolute atomic E-state index is 0.0545. The lowest BCUT2D eigenvalue weighted by atomic mass is 9.93. The maximum atomic E-state index is 11.8. The van der Waals surface area contributed by atoms with Crippen molar-refractivity contribution in [2.75, 3.05) is 11.9 Å². The summed E-state index contributed by atoms with van der Waals surface area (Å²) in [5, 5.41) is 18.3. The number of hydrogen-bond donors (Lipinski definition) is 3. The molecule has 0 unspecified atom stereocenters. The molecule has 1 aliphatic rings. The van der Waals surface area contributed by atoms with Gasteiger partial charge in [-0.05, 0) is 6.42 Å². The van der Waals surface area contributed by atoms with Gasteiger partial charge in [-0.15, -0.1) is 0 Å². The zero-order chi connectivity index (χ0) is 14.8. The lowest BCUT2D eigenvalue weighted by molar-refractivity contribution is 0.238. The maximum Gasteiger partial charge on any atom is 0.320 e. The Hall–Kier alpha value is -1.82. The average molecular weight is 279 g/mol. The van der Waals surface area contributed by atoms with E-state index < -0.39 is 0 Å². The van der Waals surface area contributed by atoms with E-state index in [4.69, 9.17) is 9.63 Å². The molecule has 1 aromatic heterocycles. The molecule has 0 aromatic carbocycles. The van der Waals surface area contributed by atoms with Crippen molar-refractivity contribution in [2.24, 2.45) is 5.92 Å². The van der Waals surface area contributed by atoms with Gasteiger partial charge < -0.3 is 14.9 Å². The van der Waals surface area contributed by atoms with E-state index in [0.717, 1.165) is 6.42 Å². The van der Waals surface area contributed by atoms with Crippen LogP contribution in [-0.2, 0) is 5.41 Å². The van der Waals surface area contributed by atoms with E-state index in [1.54, 1.807) is 6.07 Å². The fourth-order valence-corrected chi connectivity index (χ4v) is 2.03. The van der Waals surface area contributed by atoms with Gasteiger partial charge in [0.15, 0.2) is 5.82 Å². The molecule has 2 amide bonds. The predicted octanol–water partition coefficient (Wildman–Crippen LogP) is 2.03. The molecule has 110 valence electrons. The standard InChI is InChI=1S/C14H21N3O3/c1-14(2,3)11-7-12(17-20-11)16-13(19)15-10-5-4-9(6-10)8-18/h4-5,7,9-10,18H,6,8H2,1-3H3,(H2,15,16,17,19)/t9-,10+/m0/s1. The number of aliphatic hydroxyl groups is 1. The average Bonchev–Trinajstić information content (AvgIpc) is 2.97. The van der Waals surface area contributed by atoms with Crippen LogP contribution in [0.5, 0.6) is 0 Å². The molecule has 6 heteroatoms. The van der Waals surface area contributed by atoms with Crippen molar-refractivity contribution in [3.63, 3.8) is 0 Å². The molecular formula is C14H21N3O3. The van der Waals surface area contributed by atoms with Crippen molar-refractivity contribution in [1.29, 1.82) is 0 Å². The van der Waals surface area contributed by atoms with E-state index in [-0.39, 0.29) is 30.0 Å². The van der Waals surface area contributed by atoms with E-state index in [1.807, 2.05) is 32.9 Å². The fourth-order valence-electron chi connectivity index (χ4n) is 2.03. The van der Waals surface area contributed by atoms with E-state index in [1.165, 1.54) is 0 Å². The molecule has 1 aliphatic carbocycles. The van der Waals surface area contributed by atoms with Gasteiger partial charge in [-0.2, -0.15) is 0 Å². The number of rotatable bonds is 3. The first kappa shape index (κ1) is 14.6. The van der Waals surface area contributed by atoms with Crippen molar-refractivity contribution >= 4 is 11.8 Å². The normalized spacial score (nSPS) is 22.0. The van der Waals surface area contributed by atoms with Crippen LogP contribution >= 0.6 is 0 Å². The molecule has 1 aromatic rings. The van der Waals surface area contributed by atoms with Crippen LogP contribution in [0.4, 0.5) is 10.6 Å². The van der Waals surface area contributed by atoms with E-state index >= 15 is 0 Å². The monoisotopic (exact) mass is 279 g/mol. The molecule has 6 nitrogen and oxygen atoms in total. The highest BCUT2D eigenvalue weighted by molar-refractivity contribution is 5.88. The number of aliphatic hydroxyl groups excluding tert-OH is 1. The van der Waals surface area contributed by atoms with Crippen LogP contribution in [-0.4, -0.2) is 28.9 Å². The zero-order valence-corrected chi connectivity index (χ0v) is 12.0. The Kier molecular flexibility index (Phi) is 4.13. The lowest BCUT2D eigenvalue weighted by Gasteiger charge is -2.13. The number of nitrogens with zero attached hydrogens (tertiary/aromatic N) is 1. The summed E-state index contributed by atoms with van der Waals surface area (Å²) in [6, 6.07) is 1.34. The van der Waals surface area contributed by atoms with Crippen LogP contribution in [0, 0.1) is 5.92 Å². The molecular weight excluding hydrogens is 258 g/mol. The van der Waals surface area contributed by atoms with E-state index in [0.29, 0.717) is 11.6 Å². The fraction of sp³-hybridized carbons (Fsp3) is 0.571. The second-order valence-corrected chi connectivity index (χ2v) is 6.09. The molecule has 0 bridgehead atoms. The first-order chi connectivity index (χ1) is 9.38. The molecule has 0 spiro atoms. The Morgan fingerprint density at radius 1 is 1.50 bits per heavy atom. The Morgan fingerprint density at radius 2 is 2.25 bits per heavy atom. The van der Waals surface area contributed by atoms with Crippen molar-refractivity contribution in [2.45, 2.75) is 38.6 Å². The Balaban J connectivity index is 1.86. The van der Waals surface area contributed by atoms with Gasteiger partial charge in [0.25, 0.3) is 0 Å². The molecule has 0 aliphatic heterocycles. The highest BCUT2D eigenvalue weighted by Gasteiger charge is 2.22. The number of carbonyl (C=O) groups excluding carboxylic acids is 1. The predicted molar refractivity (Wildman–Crippen MR) is 75.5 cm³/mol. The number of hydrogen-bond acceptors (Lipinski definition) is 4. The number of anilines is 1. The van der Waals surface area contributed by atoms with Crippen LogP contribution in [0.1, 0.15) is 33.0 Å². The smallest absolute Gasteiger partial charge is 0.320 e. The minimum Gasteiger partial charge on any atom is -0.396 e. The summed E-state index contributed by atoms with van der Waals surface area (Å²) >= 11 is 0. The Morgan fingerprint density at radius 3 is 2.80 bits per heavy atom. The minimum atomic E-state index is -0.327. The summed E-state index contributed by atoms with van der Waals surface area (Å²) in [4.78, 5) is 11.8. The summed E-state index contributed by atoms with van der Waals surface area (Å²) in [7, 11) is 0. The van der Waals surface area contributed by atoms with E-state index in [9.17, 15) is 4.79 Å². The summed E-state index contributed by atoms with van der Waals surface area (Å²) in [5.74, 6) is 1.24. The van der Waals surface area contributed by atoms with Crippen LogP contribution in [0.25, 0.3) is 0 Å². The molecule has 3 N–H and O–H groups in total. The van der Waals surface area contributed by atoms with Gasteiger partial charge in [0.05, 0.1) is 0 Å². The van der Waals surface area contributed by atoms with Gasteiger partial charge in [-0.25, -0.2) is 4.79 Å². The SMILES string of the molecule is CC(C)(C)c1cc(NC(=O)N[C@@H]2C=C[C@H](CO)C2)no1. The number of urea groups is 1. The highest BCUT2D eigenvalue weighted by Crippen LogP contribution is 2.24. The van der Waals surface area contributed by atoms with Gasteiger partial charge in [-0.3, -0.25) is 5.32 Å². The Bertz CT molecular complexity index is 502. The molecule has 0 radical (unpaired) electrons. The second kappa shape index (κ2) is 5.66. The molecule has 2 atom stereocenters. The van der Waals surface area contributed by atoms with Gasteiger partial charge >= 0.3 is 6.03 Å². The zero-order valence-electron chi connectivity index (χ0n) is 12.0. The van der Waals surface area contributed by atoms with Gasteiger partial charge in [0, 0.05) is 30.0 Å². The van der Waals surface area contributed by atoms with Gasteiger partial charge in [-0.1, -0.05) is 38.1 Å². The number of amides is 2. The van der Waals surface area contributed by atoms with Crippen molar-refractivity contribution < 1.29 is 14.4 Å². The topological polar surface area (TPSA) is 87.4 Å². The van der Waals surface area contributed by atoms with Crippen LogP contribution in [0.3, 0.4) is 0 Å². The lowest BCUT2D eigenvalue weighted by Crippen LogP contribution is -2.36. The second-order valence-electron chi connectivity index (χ2n) is 6.09. The van der Waals surface area contributed by atoms with Gasteiger partial charge in [0.1, 0.15) is 5.76 Å². The summed E-state index contributed by atoms with van der Waals surface area (Å²) < 4.78 is 5.19. The summed E-state index contributed by atoms with van der Waals surface area (Å²) in [6.45, 7) is 6.13. The third-order valence-corrected chi connectivity index (χ3v) is 3.21. The van der Waals surface area contributed by atoms with Crippen molar-refractivity contribution in [3.05, 3.63) is 24.0 Å². The summed E-state index contributed by atoms with van der Waals surface area (Å²) in [6.07, 6.45) is 4.53. The van der Waals surface area contributed by atoms with Gasteiger partial charge in [0.2, 0.25) is 0 Å². The molecule has 20 heavy (non-hydrogen) atoms. The Labute approximate surface area is 118 Å². The maximum absolute atomic E-state index is 11.8. The largest absolute Gasteiger partial charge is 0.396 e. The molecule has 2 rings (SSSR count). The number of aromatic nitrogens is 1. The van der Waals surface area contributed by atoms with E-state index in [2.05, 4.69) is 15.8 Å². The first-order valence-electron chi connectivity index (χ1n) is 6.72. The number of nitrogens with one attached hydrogen (secondary N) is 2.